The SMILES string of the molecule is Cc1ccc(Cn2c3ccccc3c3cc(C=O)nc(C)c32)cc1. The average Bonchev–Trinajstić information content (AvgIpc) is 2.91. The first-order valence-corrected chi connectivity index (χ1v) is 8.06. The summed E-state index contributed by atoms with van der Waals surface area (Å²) in [7, 11) is 0. The van der Waals surface area contributed by atoms with Crippen molar-refractivity contribution in [2.75, 3.05) is 0 Å². The maximum Gasteiger partial charge on any atom is 0.168 e. The topological polar surface area (TPSA) is 34.9 Å². The Hall–Kier alpha value is -2.94. The van der Waals surface area contributed by atoms with Gasteiger partial charge in [-0.2, -0.15) is 0 Å². The van der Waals surface area contributed by atoms with Gasteiger partial charge in [-0.15, -0.1) is 0 Å². The van der Waals surface area contributed by atoms with Crippen molar-refractivity contribution in [2.24, 2.45) is 0 Å². The van der Waals surface area contributed by atoms with Gasteiger partial charge in [0.15, 0.2) is 6.29 Å². The van der Waals surface area contributed by atoms with E-state index in [4.69, 9.17) is 0 Å². The number of pyridine rings is 1. The number of hydrogen-bond acceptors (Lipinski definition) is 2. The van der Waals surface area contributed by atoms with Gasteiger partial charge in [0.05, 0.1) is 11.2 Å². The summed E-state index contributed by atoms with van der Waals surface area (Å²) in [5.41, 5.74) is 6.15. The predicted octanol–water partition coefficient (Wildman–Crippen LogP) is 4.67. The van der Waals surface area contributed by atoms with Crippen LogP contribution in [0.3, 0.4) is 0 Å². The molecule has 2 aromatic carbocycles. The Morgan fingerprint density at radius 1 is 1.00 bits per heavy atom. The summed E-state index contributed by atoms with van der Waals surface area (Å²) in [5, 5.41) is 2.25. The van der Waals surface area contributed by atoms with E-state index in [0.29, 0.717) is 5.69 Å². The van der Waals surface area contributed by atoms with Gasteiger partial charge in [0.1, 0.15) is 5.69 Å². The lowest BCUT2D eigenvalue weighted by molar-refractivity contribution is 0.111. The Balaban J connectivity index is 2.01. The molecule has 0 fully saturated rings. The Bertz CT molecular complexity index is 1060. The van der Waals surface area contributed by atoms with Crippen molar-refractivity contribution in [1.29, 1.82) is 0 Å². The van der Waals surface area contributed by atoms with Crippen LogP contribution in [0.4, 0.5) is 0 Å². The molecule has 0 bridgehead atoms. The third-order valence-electron chi connectivity index (χ3n) is 4.52. The van der Waals surface area contributed by atoms with Gasteiger partial charge < -0.3 is 4.57 Å². The van der Waals surface area contributed by atoms with Crippen LogP contribution in [0.15, 0.2) is 54.6 Å². The first kappa shape index (κ1) is 14.6. The molecule has 24 heavy (non-hydrogen) atoms. The number of para-hydroxylation sites is 1. The summed E-state index contributed by atoms with van der Waals surface area (Å²) in [6.45, 7) is 4.85. The van der Waals surface area contributed by atoms with Gasteiger partial charge in [-0.25, -0.2) is 4.98 Å². The van der Waals surface area contributed by atoms with E-state index in [1.54, 1.807) is 0 Å². The minimum Gasteiger partial charge on any atom is -0.334 e. The molecule has 0 amide bonds. The Morgan fingerprint density at radius 3 is 2.50 bits per heavy atom. The van der Waals surface area contributed by atoms with Crippen LogP contribution in [0.2, 0.25) is 0 Å². The first-order chi connectivity index (χ1) is 11.7. The number of hydrogen-bond donors (Lipinski definition) is 0. The second kappa shape index (κ2) is 5.60. The maximum absolute atomic E-state index is 11.2. The lowest BCUT2D eigenvalue weighted by atomic mass is 10.1. The standard InChI is InChI=1S/C21H18N2O/c1-14-7-9-16(10-8-14)12-23-20-6-4-3-5-18(20)19-11-17(13-24)22-15(2)21(19)23/h3-11,13H,12H2,1-2H3. The fourth-order valence-electron chi connectivity index (χ4n) is 3.39. The van der Waals surface area contributed by atoms with Crippen molar-refractivity contribution >= 4 is 28.1 Å². The largest absolute Gasteiger partial charge is 0.334 e. The van der Waals surface area contributed by atoms with Crippen molar-refractivity contribution < 1.29 is 4.79 Å². The highest BCUT2D eigenvalue weighted by Gasteiger charge is 2.14. The molecule has 3 heteroatoms. The van der Waals surface area contributed by atoms with Gasteiger partial charge in [-0.3, -0.25) is 4.79 Å². The molecule has 0 N–H and O–H groups in total. The molecule has 0 radical (unpaired) electrons. The van der Waals surface area contributed by atoms with Crippen molar-refractivity contribution in [3.05, 3.63) is 77.1 Å². The van der Waals surface area contributed by atoms with E-state index in [2.05, 4.69) is 58.9 Å². The molecular weight excluding hydrogens is 296 g/mol. The van der Waals surface area contributed by atoms with Gasteiger partial charge in [-0.05, 0) is 31.5 Å². The average molecular weight is 314 g/mol. The van der Waals surface area contributed by atoms with Gasteiger partial charge >= 0.3 is 0 Å². The molecule has 0 aliphatic rings. The number of rotatable bonds is 3. The fraction of sp³-hybridized carbons (Fsp3) is 0.143. The summed E-state index contributed by atoms with van der Waals surface area (Å²) in [5.74, 6) is 0. The highest BCUT2D eigenvalue weighted by molar-refractivity contribution is 6.09. The number of aryl methyl sites for hydroxylation is 2. The predicted molar refractivity (Wildman–Crippen MR) is 97.6 cm³/mol. The van der Waals surface area contributed by atoms with Crippen LogP contribution in [0.25, 0.3) is 21.8 Å². The summed E-state index contributed by atoms with van der Waals surface area (Å²) >= 11 is 0. The molecule has 0 unspecified atom stereocenters. The van der Waals surface area contributed by atoms with Gasteiger partial charge in [0.2, 0.25) is 0 Å². The van der Waals surface area contributed by atoms with Crippen LogP contribution in [-0.2, 0) is 6.54 Å². The number of carbonyl (C=O) groups excluding carboxylic acids is 1. The van der Waals surface area contributed by atoms with Crippen molar-refractivity contribution in [3.8, 4) is 0 Å². The third-order valence-corrected chi connectivity index (χ3v) is 4.52. The van der Waals surface area contributed by atoms with E-state index in [9.17, 15) is 4.79 Å². The lowest BCUT2D eigenvalue weighted by Gasteiger charge is -2.09. The van der Waals surface area contributed by atoms with Crippen LogP contribution >= 0.6 is 0 Å². The Labute approximate surface area is 140 Å². The van der Waals surface area contributed by atoms with Crippen molar-refractivity contribution in [2.45, 2.75) is 20.4 Å². The van der Waals surface area contributed by atoms with E-state index < -0.39 is 0 Å². The monoisotopic (exact) mass is 314 g/mol. The van der Waals surface area contributed by atoms with Gasteiger partial charge in [0.25, 0.3) is 0 Å². The number of aldehydes is 1. The van der Waals surface area contributed by atoms with E-state index in [1.807, 2.05) is 19.1 Å². The second-order valence-electron chi connectivity index (χ2n) is 6.24. The highest BCUT2D eigenvalue weighted by Crippen LogP contribution is 2.31. The Morgan fingerprint density at radius 2 is 1.75 bits per heavy atom. The molecule has 0 saturated heterocycles. The van der Waals surface area contributed by atoms with Crippen LogP contribution < -0.4 is 0 Å². The molecule has 3 nitrogen and oxygen atoms in total. The molecule has 4 aromatic rings. The molecule has 0 aliphatic heterocycles. The summed E-state index contributed by atoms with van der Waals surface area (Å²) in [6.07, 6.45) is 0.818. The van der Waals surface area contributed by atoms with Crippen LogP contribution in [0.5, 0.6) is 0 Å². The Kier molecular flexibility index (Phi) is 3.42. The molecule has 2 heterocycles. The fourth-order valence-corrected chi connectivity index (χ4v) is 3.39. The van der Waals surface area contributed by atoms with E-state index in [-0.39, 0.29) is 0 Å². The molecule has 118 valence electrons. The molecular formula is C21H18N2O. The van der Waals surface area contributed by atoms with Crippen LogP contribution in [-0.4, -0.2) is 15.8 Å². The van der Waals surface area contributed by atoms with Crippen LogP contribution in [0.1, 0.15) is 27.3 Å². The van der Waals surface area contributed by atoms with Gasteiger partial charge in [0, 0.05) is 22.8 Å². The van der Waals surface area contributed by atoms with E-state index in [1.165, 1.54) is 16.6 Å². The molecule has 2 aromatic heterocycles. The molecule has 0 spiro atoms. The number of aromatic nitrogens is 2. The summed E-state index contributed by atoms with van der Waals surface area (Å²) in [6, 6.07) is 18.8. The van der Waals surface area contributed by atoms with Crippen LogP contribution in [0, 0.1) is 13.8 Å². The first-order valence-electron chi connectivity index (χ1n) is 8.06. The second-order valence-corrected chi connectivity index (χ2v) is 6.24. The van der Waals surface area contributed by atoms with E-state index >= 15 is 0 Å². The minimum atomic E-state index is 0.484. The summed E-state index contributed by atoms with van der Waals surface area (Å²) in [4.78, 5) is 15.6. The lowest BCUT2D eigenvalue weighted by Crippen LogP contribution is -2.02. The highest BCUT2D eigenvalue weighted by atomic mass is 16.1. The smallest absolute Gasteiger partial charge is 0.168 e. The molecule has 0 aliphatic carbocycles. The van der Waals surface area contributed by atoms with Crippen molar-refractivity contribution in [1.82, 2.24) is 9.55 Å². The molecule has 0 atom stereocenters. The van der Waals surface area contributed by atoms with Crippen molar-refractivity contribution in [3.63, 3.8) is 0 Å². The summed E-state index contributed by atoms with van der Waals surface area (Å²) < 4.78 is 2.30. The number of fused-ring (bicyclic) bond motifs is 3. The molecule has 4 rings (SSSR count). The normalized spacial score (nSPS) is 11.2. The zero-order valence-corrected chi connectivity index (χ0v) is 13.8. The van der Waals surface area contributed by atoms with E-state index in [0.717, 1.165) is 34.8 Å². The third kappa shape index (κ3) is 2.29. The zero-order chi connectivity index (χ0) is 16.7. The zero-order valence-electron chi connectivity index (χ0n) is 13.8. The maximum atomic E-state index is 11.2. The number of benzene rings is 2. The quantitative estimate of drug-likeness (QED) is 0.515. The number of nitrogens with zero attached hydrogens (tertiary/aromatic N) is 2. The van der Waals surface area contributed by atoms with Gasteiger partial charge in [-0.1, -0.05) is 48.0 Å². The number of carbonyl (C=O) groups is 1. The molecule has 0 saturated carbocycles. The minimum absolute atomic E-state index is 0.484.